The summed E-state index contributed by atoms with van der Waals surface area (Å²) in [5.41, 5.74) is 5.19. The van der Waals surface area contributed by atoms with Crippen LogP contribution in [-0.4, -0.2) is 33.1 Å². The van der Waals surface area contributed by atoms with Crippen LogP contribution in [0, 0.1) is 12.7 Å². The smallest absolute Gasteiger partial charge is 0.383 e. The van der Waals surface area contributed by atoms with Gasteiger partial charge < -0.3 is 5.73 Å². The Kier molecular flexibility index (Phi) is 6.14. The lowest BCUT2D eigenvalue weighted by Crippen LogP contribution is -2.32. The molecule has 2 rings (SSSR count). The molecule has 14 heteroatoms. The molecule has 3 nitrogen and oxygen atoms in total. The van der Waals surface area contributed by atoms with E-state index in [1.165, 1.54) is 6.92 Å². The number of thioether (sulfide) groups is 2. The summed E-state index contributed by atoms with van der Waals surface area (Å²) in [4.78, 5) is -0.759. The highest BCUT2D eigenvalue weighted by molar-refractivity contribution is 8.00. The summed E-state index contributed by atoms with van der Waals surface area (Å²) in [6.07, 6.45) is -9.77. The molecule has 0 aliphatic carbocycles. The summed E-state index contributed by atoms with van der Waals surface area (Å²) >= 11 is -0.571. The van der Waals surface area contributed by atoms with Crippen LogP contribution in [0.1, 0.15) is 5.56 Å². The average Bonchev–Trinajstić information content (AvgIpc) is 2.85. The van der Waals surface area contributed by atoms with Crippen LogP contribution in [0.3, 0.4) is 0 Å². The molecular formula is C14H10F9N3S2. The second kappa shape index (κ2) is 7.61. The number of aromatic nitrogens is 2. The minimum Gasteiger partial charge on any atom is -0.383 e. The van der Waals surface area contributed by atoms with Gasteiger partial charge >= 0.3 is 17.6 Å². The SMILES string of the molecule is Cc1cc(F)c(-n2ncc(SC(F)(F)C(F)(F)F)c2N)cc1SCC(F)(F)F. The molecule has 1 aromatic carbocycles. The number of anilines is 1. The van der Waals surface area contributed by atoms with Gasteiger partial charge in [0, 0.05) is 4.90 Å². The minimum absolute atomic E-state index is 0.0125. The molecule has 0 saturated heterocycles. The Labute approximate surface area is 160 Å². The van der Waals surface area contributed by atoms with E-state index in [9.17, 15) is 39.5 Å². The van der Waals surface area contributed by atoms with Gasteiger partial charge in [-0.2, -0.15) is 40.2 Å². The maximum Gasteiger partial charge on any atom is 0.464 e. The zero-order valence-electron chi connectivity index (χ0n) is 13.6. The van der Waals surface area contributed by atoms with Crippen molar-refractivity contribution in [2.45, 2.75) is 34.3 Å². The molecule has 0 fully saturated rings. The third-order valence-corrected chi connectivity index (χ3v) is 5.45. The third-order valence-electron chi connectivity index (χ3n) is 3.20. The molecule has 0 spiro atoms. The van der Waals surface area contributed by atoms with Crippen molar-refractivity contribution >= 4 is 29.3 Å². The molecule has 28 heavy (non-hydrogen) atoms. The van der Waals surface area contributed by atoms with Crippen molar-refractivity contribution in [3.63, 3.8) is 0 Å². The monoisotopic (exact) mass is 455 g/mol. The van der Waals surface area contributed by atoms with E-state index in [1.54, 1.807) is 0 Å². The van der Waals surface area contributed by atoms with E-state index >= 15 is 0 Å². The van der Waals surface area contributed by atoms with E-state index in [0.717, 1.165) is 12.1 Å². The lowest BCUT2D eigenvalue weighted by atomic mass is 10.2. The number of aryl methyl sites for hydroxylation is 1. The molecule has 2 N–H and O–H groups in total. The van der Waals surface area contributed by atoms with E-state index in [4.69, 9.17) is 5.73 Å². The van der Waals surface area contributed by atoms with Gasteiger partial charge in [0.1, 0.15) is 17.3 Å². The maximum absolute atomic E-state index is 14.2. The van der Waals surface area contributed by atoms with Crippen LogP contribution >= 0.6 is 23.5 Å². The fraction of sp³-hybridized carbons (Fsp3) is 0.357. The number of benzene rings is 1. The van der Waals surface area contributed by atoms with Gasteiger partial charge in [-0.05, 0) is 36.4 Å². The van der Waals surface area contributed by atoms with Crippen LogP contribution in [0.2, 0.25) is 0 Å². The van der Waals surface area contributed by atoms with Gasteiger partial charge in [-0.3, -0.25) is 0 Å². The molecule has 0 aliphatic rings. The largest absolute Gasteiger partial charge is 0.464 e. The zero-order valence-corrected chi connectivity index (χ0v) is 15.3. The summed E-state index contributed by atoms with van der Waals surface area (Å²) in [7, 11) is 0. The standard InChI is InChI=1S/C14H10F9N3S2/c1-6-2-7(15)8(3-9(6)27-5-12(16,17)18)26-11(24)10(4-25-26)28-14(22,23)13(19,20)21/h2-4H,5,24H2,1H3. The van der Waals surface area contributed by atoms with Crippen LogP contribution in [0.5, 0.6) is 0 Å². The Hall–Kier alpha value is -1.70. The van der Waals surface area contributed by atoms with Crippen LogP contribution < -0.4 is 5.73 Å². The fourth-order valence-corrected chi connectivity index (χ4v) is 3.41. The summed E-state index contributed by atoms with van der Waals surface area (Å²) in [6.45, 7) is 1.35. The highest BCUT2D eigenvalue weighted by atomic mass is 32.2. The predicted octanol–water partition coefficient (Wildman–Crippen LogP) is 5.80. The topological polar surface area (TPSA) is 43.8 Å². The van der Waals surface area contributed by atoms with E-state index in [-0.39, 0.29) is 10.5 Å². The van der Waals surface area contributed by atoms with Gasteiger partial charge in [-0.15, -0.1) is 11.8 Å². The summed E-state index contributed by atoms with van der Waals surface area (Å²) < 4.78 is 115. The Morgan fingerprint density at radius 2 is 1.64 bits per heavy atom. The maximum atomic E-state index is 14.2. The molecular weight excluding hydrogens is 445 g/mol. The van der Waals surface area contributed by atoms with Crippen molar-refractivity contribution in [2.75, 3.05) is 11.5 Å². The lowest BCUT2D eigenvalue weighted by molar-refractivity contribution is -0.237. The van der Waals surface area contributed by atoms with E-state index < -0.39 is 57.3 Å². The predicted molar refractivity (Wildman–Crippen MR) is 86.3 cm³/mol. The molecule has 0 saturated carbocycles. The quantitative estimate of drug-likeness (QED) is 0.457. The molecule has 0 amide bonds. The Morgan fingerprint density at radius 1 is 1.04 bits per heavy atom. The van der Waals surface area contributed by atoms with E-state index in [2.05, 4.69) is 5.10 Å². The van der Waals surface area contributed by atoms with Crippen molar-refractivity contribution < 1.29 is 39.5 Å². The van der Waals surface area contributed by atoms with Gasteiger partial charge in [-0.1, -0.05) is 0 Å². The Morgan fingerprint density at radius 3 is 2.18 bits per heavy atom. The van der Waals surface area contributed by atoms with Crippen molar-refractivity contribution in [1.29, 1.82) is 0 Å². The number of nitrogen functional groups attached to an aromatic ring is 1. The average molecular weight is 455 g/mol. The number of alkyl halides is 8. The van der Waals surface area contributed by atoms with Gasteiger partial charge in [0.05, 0.1) is 16.8 Å². The van der Waals surface area contributed by atoms with Gasteiger partial charge in [0.2, 0.25) is 0 Å². The van der Waals surface area contributed by atoms with Crippen LogP contribution in [-0.2, 0) is 0 Å². The van der Waals surface area contributed by atoms with Gasteiger partial charge in [0.15, 0.2) is 0 Å². The van der Waals surface area contributed by atoms with Gasteiger partial charge in [0.25, 0.3) is 0 Å². The number of hydrogen-bond acceptors (Lipinski definition) is 4. The number of nitrogens with zero attached hydrogens (tertiary/aromatic N) is 2. The van der Waals surface area contributed by atoms with E-state index in [1.807, 2.05) is 0 Å². The molecule has 1 aromatic heterocycles. The second-order valence-corrected chi connectivity index (χ2v) is 7.57. The van der Waals surface area contributed by atoms with Crippen LogP contribution in [0.4, 0.5) is 45.3 Å². The number of rotatable bonds is 5. The van der Waals surface area contributed by atoms with Gasteiger partial charge in [-0.25, -0.2) is 9.07 Å². The molecule has 0 atom stereocenters. The van der Waals surface area contributed by atoms with Crippen molar-refractivity contribution in [3.8, 4) is 5.69 Å². The van der Waals surface area contributed by atoms with Crippen molar-refractivity contribution in [3.05, 3.63) is 29.7 Å². The molecule has 156 valence electrons. The third kappa shape index (κ3) is 5.01. The van der Waals surface area contributed by atoms with Crippen LogP contribution in [0.25, 0.3) is 5.69 Å². The molecule has 1 heterocycles. The second-order valence-electron chi connectivity index (χ2n) is 5.40. The van der Waals surface area contributed by atoms with E-state index in [0.29, 0.717) is 22.6 Å². The molecule has 0 radical (unpaired) electrons. The highest BCUT2D eigenvalue weighted by Gasteiger charge is 2.59. The Bertz CT molecular complexity index is 859. The first-order chi connectivity index (χ1) is 12.6. The molecule has 0 bridgehead atoms. The van der Waals surface area contributed by atoms with Crippen molar-refractivity contribution in [1.82, 2.24) is 9.78 Å². The molecule has 0 unspecified atom stereocenters. The lowest BCUT2D eigenvalue weighted by Gasteiger charge is -2.18. The van der Waals surface area contributed by atoms with Crippen LogP contribution in [0.15, 0.2) is 28.1 Å². The summed E-state index contributed by atoms with van der Waals surface area (Å²) in [5, 5.41) is -1.68. The minimum atomic E-state index is -5.86. The molecule has 2 aromatic rings. The first-order valence-electron chi connectivity index (χ1n) is 7.09. The fourth-order valence-electron chi connectivity index (χ4n) is 1.93. The Balaban J connectivity index is 2.40. The number of halogens is 9. The van der Waals surface area contributed by atoms with Crippen molar-refractivity contribution in [2.24, 2.45) is 0 Å². The zero-order chi connectivity index (χ0) is 21.5. The number of hydrogen-bond donors (Lipinski definition) is 1. The summed E-state index contributed by atoms with van der Waals surface area (Å²) in [5.74, 6) is -2.99. The first kappa shape index (κ1) is 22.6. The highest BCUT2D eigenvalue weighted by Crippen LogP contribution is 2.49. The molecule has 0 aliphatic heterocycles. The summed E-state index contributed by atoms with van der Waals surface area (Å²) in [6, 6.07) is 1.84. The normalized spacial score (nSPS) is 13.2. The number of nitrogens with two attached hydrogens (primary N) is 1. The first-order valence-corrected chi connectivity index (χ1v) is 8.89.